The van der Waals surface area contributed by atoms with Crippen LogP contribution in [0.1, 0.15) is 11.3 Å². The van der Waals surface area contributed by atoms with Crippen LogP contribution in [-0.4, -0.2) is 65.8 Å². The summed E-state index contributed by atoms with van der Waals surface area (Å²) in [6.07, 6.45) is 3.35. The van der Waals surface area contributed by atoms with E-state index in [-0.39, 0.29) is 4.90 Å². The summed E-state index contributed by atoms with van der Waals surface area (Å²) >= 11 is 0. The molecule has 0 atom stereocenters. The smallest absolute Gasteiger partial charge is 0.246 e. The lowest BCUT2D eigenvalue weighted by molar-refractivity contribution is 0.373. The minimum atomic E-state index is -3.65. The molecule has 0 N–H and O–H groups in total. The van der Waals surface area contributed by atoms with Gasteiger partial charge in [0.15, 0.2) is 5.82 Å². The van der Waals surface area contributed by atoms with Gasteiger partial charge in [0.05, 0.1) is 12.8 Å². The largest absolute Gasteiger partial charge is 0.495 e. The third-order valence-electron chi connectivity index (χ3n) is 5.09. The molecule has 0 bridgehead atoms. The van der Waals surface area contributed by atoms with Crippen LogP contribution in [0.25, 0.3) is 5.82 Å². The number of ether oxygens (including phenoxy) is 1. The Balaban J connectivity index is 1.51. The first-order valence-corrected chi connectivity index (χ1v) is 11.1. The first-order valence-electron chi connectivity index (χ1n) is 9.63. The van der Waals surface area contributed by atoms with Gasteiger partial charge in [0, 0.05) is 38.4 Å². The van der Waals surface area contributed by atoms with Gasteiger partial charge in [-0.3, -0.25) is 0 Å². The van der Waals surface area contributed by atoms with E-state index in [4.69, 9.17) is 4.74 Å². The highest BCUT2D eigenvalue weighted by molar-refractivity contribution is 7.89. The molecule has 158 valence electrons. The summed E-state index contributed by atoms with van der Waals surface area (Å²) in [6, 6.07) is 8.95. The lowest BCUT2D eigenvalue weighted by Crippen LogP contribution is -2.49. The molecule has 3 heterocycles. The molecular formula is C20H24N6O3S. The maximum Gasteiger partial charge on any atom is 0.246 e. The standard InChI is InChI=1S/C20H24N6O3S/c1-15-4-5-17(29-3)18(12-15)30(27,28)25-10-8-24(9-11-25)19-13-20(22-14-21-19)26-7-6-16(2)23-26/h4-7,12-14H,8-11H2,1-3H3. The molecule has 30 heavy (non-hydrogen) atoms. The van der Waals surface area contributed by atoms with Crippen molar-refractivity contribution in [3.05, 3.63) is 54.1 Å². The van der Waals surface area contributed by atoms with Gasteiger partial charge in [0.25, 0.3) is 0 Å². The predicted octanol–water partition coefficient (Wildman–Crippen LogP) is 1.80. The quantitative estimate of drug-likeness (QED) is 0.612. The molecule has 3 aromatic rings. The molecule has 0 unspecified atom stereocenters. The zero-order chi connectivity index (χ0) is 21.3. The van der Waals surface area contributed by atoms with Crippen LogP contribution >= 0.6 is 0 Å². The molecule has 9 nitrogen and oxygen atoms in total. The van der Waals surface area contributed by atoms with Crippen LogP contribution in [0.3, 0.4) is 0 Å². The van der Waals surface area contributed by atoms with E-state index in [2.05, 4.69) is 20.0 Å². The lowest BCUT2D eigenvalue weighted by atomic mass is 10.2. The van der Waals surface area contributed by atoms with E-state index in [9.17, 15) is 8.42 Å². The van der Waals surface area contributed by atoms with Crippen molar-refractivity contribution in [2.45, 2.75) is 18.7 Å². The van der Waals surface area contributed by atoms with Crippen LogP contribution in [0.5, 0.6) is 5.75 Å². The molecule has 4 rings (SSSR count). The van der Waals surface area contributed by atoms with Gasteiger partial charge < -0.3 is 9.64 Å². The predicted molar refractivity (Wildman–Crippen MR) is 113 cm³/mol. The number of aromatic nitrogens is 4. The Kier molecular flexibility index (Phi) is 5.44. The van der Waals surface area contributed by atoms with Crippen molar-refractivity contribution in [3.63, 3.8) is 0 Å². The number of nitrogens with zero attached hydrogens (tertiary/aromatic N) is 6. The summed E-state index contributed by atoms with van der Waals surface area (Å²) < 4.78 is 34.9. The normalized spacial score (nSPS) is 15.4. The van der Waals surface area contributed by atoms with Crippen LogP contribution < -0.4 is 9.64 Å². The summed E-state index contributed by atoms with van der Waals surface area (Å²) in [7, 11) is -2.16. The van der Waals surface area contributed by atoms with Crippen LogP contribution in [0.4, 0.5) is 5.82 Å². The fraction of sp³-hybridized carbons (Fsp3) is 0.350. The Morgan fingerprint density at radius 3 is 2.37 bits per heavy atom. The highest BCUT2D eigenvalue weighted by Crippen LogP contribution is 2.29. The molecule has 1 aliphatic heterocycles. The highest BCUT2D eigenvalue weighted by Gasteiger charge is 2.31. The molecule has 1 saturated heterocycles. The molecule has 0 spiro atoms. The van der Waals surface area contributed by atoms with Crippen molar-refractivity contribution >= 4 is 15.8 Å². The zero-order valence-corrected chi connectivity index (χ0v) is 18.0. The summed E-state index contributed by atoms with van der Waals surface area (Å²) in [5.41, 5.74) is 1.77. The van der Waals surface area contributed by atoms with Crippen LogP contribution in [-0.2, 0) is 10.0 Å². The molecule has 1 aromatic carbocycles. The number of rotatable bonds is 5. The average Bonchev–Trinajstić information content (AvgIpc) is 3.20. The van der Waals surface area contributed by atoms with Gasteiger partial charge in [0.1, 0.15) is 22.8 Å². The van der Waals surface area contributed by atoms with Crippen molar-refractivity contribution in [3.8, 4) is 11.6 Å². The van der Waals surface area contributed by atoms with Crippen molar-refractivity contribution in [2.75, 3.05) is 38.2 Å². The Bertz CT molecular complexity index is 1150. The Labute approximate surface area is 176 Å². The van der Waals surface area contributed by atoms with E-state index in [1.54, 1.807) is 16.8 Å². The van der Waals surface area contributed by atoms with E-state index in [1.807, 2.05) is 38.2 Å². The van der Waals surface area contributed by atoms with Gasteiger partial charge in [0.2, 0.25) is 10.0 Å². The monoisotopic (exact) mass is 428 g/mol. The first-order chi connectivity index (χ1) is 14.4. The van der Waals surface area contributed by atoms with Gasteiger partial charge >= 0.3 is 0 Å². The lowest BCUT2D eigenvalue weighted by Gasteiger charge is -2.34. The molecule has 0 amide bonds. The maximum atomic E-state index is 13.2. The molecule has 2 aromatic heterocycles. The van der Waals surface area contributed by atoms with Gasteiger partial charge in [-0.25, -0.2) is 23.1 Å². The molecular weight excluding hydrogens is 404 g/mol. The van der Waals surface area contributed by atoms with Crippen molar-refractivity contribution in [1.29, 1.82) is 0 Å². The van der Waals surface area contributed by atoms with E-state index in [1.165, 1.54) is 17.7 Å². The summed E-state index contributed by atoms with van der Waals surface area (Å²) in [5.74, 6) is 1.78. The van der Waals surface area contributed by atoms with E-state index in [0.29, 0.717) is 37.7 Å². The van der Waals surface area contributed by atoms with Gasteiger partial charge in [-0.1, -0.05) is 6.07 Å². The summed E-state index contributed by atoms with van der Waals surface area (Å²) in [6.45, 7) is 5.56. The Morgan fingerprint density at radius 2 is 1.70 bits per heavy atom. The minimum Gasteiger partial charge on any atom is -0.495 e. The fourth-order valence-electron chi connectivity index (χ4n) is 3.46. The number of hydrogen-bond donors (Lipinski definition) is 0. The molecule has 1 fully saturated rings. The zero-order valence-electron chi connectivity index (χ0n) is 17.2. The molecule has 0 saturated carbocycles. The first kappa shape index (κ1) is 20.3. The van der Waals surface area contributed by atoms with Crippen LogP contribution in [0.2, 0.25) is 0 Å². The second kappa shape index (κ2) is 8.04. The van der Waals surface area contributed by atoms with Crippen LogP contribution in [0.15, 0.2) is 47.8 Å². The van der Waals surface area contributed by atoms with Gasteiger partial charge in [-0.05, 0) is 37.6 Å². The van der Waals surface area contributed by atoms with Crippen LogP contribution in [0, 0.1) is 13.8 Å². The van der Waals surface area contributed by atoms with E-state index in [0.717, 1.165) is 17.1 Å². The number of sulfonamides is 1. The third-order valence-corrected chi connectivity index (χ3v) is 7.01. The summed E-state index contributed by atoms with van der Waals surface area (Å²) in [5, 5.41) is 4.38. The van der Waals surface area contributed by atoms with E-state index < -0.39 is 10.0 Å². The van der Waals surface area contributed by atoms with Crippen molar-refractivity contribution < 1.29 is 13.2 Å². The Hall–Kier alpha value is -2.98. The number of anilines is 1. The van der Waals surface area contributed by atoms with E-state index >= 15 is 0 Å². The number of benzene rings is 1. The topological polar surface area (TPSA) is 93.5 Å². The minimum absolute atomic E-state index is 0.205. The molecule has 0 radical (unpaired) electrons. The molecule has 1 aliphatic rings. The number of piperazine rings is 1. The second-order valence-electron chi connectivity index (χ2n) is 7.18. The number of aryl methyl sites for hydroxylation is 2. The molecule has 10 heteroatoms. The number of methoxy groups -OCH3 is 1. The number of hydrogen-bond acceptors (Lipinski definition) is 7. The fourth-order valence-corrected chi connectivity index (χ4v) is 5.12. The second-order valence-corrected chi connectivity index (χ2v) is 9.09. The van der Waals surface area contributed by atoms with Gasteiger partial charge in [-0.15, -0.1) is 0 Å². The Morgan fingerprint density at radius 1 is 0.967 bits per heavy atom. The SMILES string of the molecule is COc1ccc(C)cc1S(=O)(=O)N1CCN(c2cc(-n3ccc(C)n3)ncn2)CC1. The maximum absolute atomic E-state index is 13.2. The highest BCUT2D eigenvalue weighted by atomic mass is 32.2. The van der Waals surface area contributed by atoms with Crippen molar-refractivity contribution in [2.24, 2.45) is 0 Å². The summed E-state index contributed by atoms with van der Waals surface area (Å²) in [4.78, 5) is 10.9. The molecule has 0 aliphatic carbocycles. The average molecular weight is 429 g/mol. The van der Waals surface area contributed by atoms with Gasteiger partial charge in [-0.2, -0.15) is 9.40 Å². The van der Waals surface area contributed by atoms with Crippen molar-refractivity contribution in [1.82, 2.24) is 24.1 Å². The third kappa shape index (κ3) is 3.88.